The number of hydrogen-bond acceptors (Lipinski definition) is 3. The summed E-state index contributed by atoms with van der Waals surface area (Å²) in [6.45, 7) is 15.7. The molecule has 0 bridgehead atoms. The smallest absolute Gasteiger partial charge is 0.121 e. The minimum Gasteiger partial charge on any atom is -0.501 e. The zero-order valence-corrected chi connectivity index (χ0v) is 31.5. The molecule has 0 atom stereocenters. The number of pyridine rings is 2. The van der Waals surface area contributed by atoms with E-state index >= 15 is 0 Å². The van der Waals surface area contributed by atoms with Gasteiger partial charge in [-0.25, -0.2) is 0 Å². The van der Waals surface area contributed by atoms with Gasteiger partial charge in [-0.3, -0.25) is 0 Å². The van der Waals surface area contributed by atoms with Crippen molar-refractivity contribution in [2.45, 2.75) is 53.3 Å². The van der Waals surface area contributed by atoms with Crippen molar-refractivity contribution in [2.24, 2.45) is 0 Å². The van der Waals surface area contributed by atoms with Crippen LogP contribution in [0.2, 0.25) is 19.6 Å². The number of aryl methyl sites for hydroxylation is 2. The van der Waals surface area contributed by atoms with Crippen molar-refractivity contribution in [3.8, 4) is 33.6 Å². The second-order valence-corrected chi connectivity index (χ2v) is 18.3. The molecular formula is C42H40IrN2OSi-2. The van der Waals surface area contributed by atoms with Gasteiger partial charge in [-0.05, 0) is 70.7 Å². The van der Waals surface area contributed by atoms with Gasteiger partial charge in [0.2, 0.25) is 0 Å². The quantitative estimate of drug-likeness (QED) is 0.128. The first-order valence-corrected chi connectivity index (χ1v) is 19.4. The summed E-state index contributed by atoms with van der Waals surface area (Å²) < 4.78 is 6.41. The summed E-state index contributed by atoms with van der Waals surface area (Å²) in [7, 11) is -1.23. The van der Waals surface area contributed by atoms with Crippen LogP contribution in [0.3, 0.4) is 0 Å². The molecule has 0 fully saturated rings. The molecule has 0 spiro atoms. The van der Waals surface area contributed by atoms with Crippen molar-refractivity contribution in [1.82, 2.24) is 9.97 Å². The van der Waals surface area contributed by atoms with E-state index in [1.165, 1.54) is 33.0 Å². The topological polar surface area (TPSA) is 38.9 Å². The maximum Gasteiger partial charge on any atom is 0.121 e. The Bertz CT molecular complexity index is 2110. The third-order valence-electron chi connectivity index (χ3n) is 8.52. The molecule has 7 aromatic rings. The predicted molar refractivity (Wildman–Crippen MR) is 196 cm³/mol. The number of aromatic nitrogens is 2. The summed E-state index contributed by atoms with van der Waals surface area (Å²) in [5, 5.41) is 3.62. The van der Waals surface area contributed by atoms with Gasteiger partial charge in [0.25, 0.3) is 0 Å². The molecule has 239 valence electrons. The van der Waals surface area contributed by atoms with Crippen LogP contribution in [0.15, 0.2) is 114 Å². The van der Waals surface area contributed by atoms with Gasteiger partial charge in [-0.1, -0.05) is 98.5 Å². The normalized spacial score (nSPS) is 11.3. The molecule has 3 aromatic heterocycles. The van der Waals surface area contributed by atoms with Gasteiger partial charge < -0.3 is 14.4 Å². The molecule has 0 aliphatic carbocycles. The summed E-state index contributed by atoms with van der Waals surface area (Å²) in [5.74, 6) is 0.446. The number of fused-ring (bicyclic) bond motifs is 3. The van der Waals surface area contributed by atoms with Gasteiger partial charge >= 0.3 is 0 Å². The Balaban J connectivity index is 0.000000217. The molecule has 0 unspecified atom stereocenters. The molecule has 0 aliphatic heterocycles. The zero-order valence-electron chi connectivity index (χ0n) is 28.1. The largest absolute Gasteiger partial charge is 0.501 e. The molecule has 5 heteroatoms. The Kier molecular flexibility index (Phi) is 10.4. The summed E-state index contributed by atoms with van der Waals surface area (Å²) >= 11 is 0. The third kappa shape index (κ3) is 7.39. The summed E-state index contributed by atoms with van der Waals surface area (Å²) in [6.07, 6.45) is 3.89. The van der Waals surface area contributed by atoms with Gasteiger partial charge in [0.05, 0.1) is 13.7 Å². The minimum atomic E-state index is -1.23. The SMILES string of the molecule is C[Si](C)(C)c1ccc(-c2[c-]cccc2)nc1.Cc1cccc(C)c1-c1ccc2c(c1)oc1c(-c3cc(C(C)C)ccn3)[c-]ccc12.[Ir]. The van der Waals surface area contributed by atoms with Crippen molar-refractivity contribution in [3.63, 3.8) is 0 Å². The van der Waals surface area contributed by atoms with E-state index in [0.717, 1.165) is 44.5 Å². The molecule has 47 heavy (non-hydrogen) atoms. The molecule has 0 saturated carbocycles. The Morgan fingerprint density at radius 2 is 1.51 bits per heavy atom. The van der Waals surface area contributed by atoms with Crippen LogP contribution in [0.1, 0.15) is 36.5 Å². The zero-order chi connectivity index (χ0) is 32.4. The first kappa shape index (κ1) is 34.2. The minimum absolute atomic E-state index is 0. The monoisotopic (exact) mass is 809 g/mol. The summed E-state index contributed by atoms with van der Waals surface area (Å²) in [4.78, 5) is 9.13. The molecule has 0 N–H and O–H groups in total. The van der Waals surface area contributed by atoms with Crippen molar-refractivity contribution >= 4 is 35.2 Å². The Labute approximate surface area is 293 Å². The van der Waals surface area contributed by atoms with E-state index < -0.39 is 8.07 Å². The molecule has 3 nitrogen and oxygen atoms in total. The fraction of sp³-hybridized carbons (Fsp3) is 0.190. The first-order chi connectivity index (χ1) is 22.1. The van der Waals surface area contributed by atoms with Crippen LogP contribution in [-0.2, 0) is 20.1 Å². The summed E-state index contributed by atoms with van der Waals surface area (Å²) in [5.41, 5.74) is 11.9. The van der Waals surface area contributed by atoms with Gasteiger partial charge in [0.15, 0.2) is 0 Å². The van der Waals surface area contributed by atoms with Crippen LogP contribution in [0, 0.1) is 26.0 Å². The van der Waals surface area contributed by atoms with Crippen LogP contribution in [0.5, 0.6) is 0 Å². The Morgan fingerprint density at radius 1 is 0.723 bits per heavy atom. The van der Waals surface area contributed by atoms with Gasteiger partial charge in [0.1, 0.15) is 5.58 Å². The van der Waals surface area contributed by atoms with E-state index in [1.807, 2.05) is 42.7 Å². The average Bonchev–Trinajstić information content (AvgIpc) is 3.43. The van der Waals surface area contributed by atoms with Crippen LogP contribution < -0.4 is 5.19 Å². The van der Waals surface area contributed by atoms with E-state index in [2.05, 4.69) is 136 Å². The standard InChI is InChI=1S/C28H24NO.C14H16NSi.Ir/c1-17(2)20-13-14-29-25(15-20)24-10-6-9-23-22-12-11-21(16-26(22)30-28(23)24)27-18(3)7-5-8-19(27)4;1-16(2,3)13-9-10-14(15-11-13)12-7-5-4-6-8-12;/h5-9,11-17H,1-4H3;4-7,9-11H,1-3H3;/q2*-1;. The van der Waals surface area contributed by atoms with Crippen molar-refractivity contribution in [1.29, 1.82) is 0 Å². The number of nitrogens with zero attached hydrogens (tertiary/aromatic N) is 2. The maximum atomic E-state index is 6.41. The predicted octanol–water partition coefficient (Wildman–Crippen LogP) is 10.9. The van der Waals surface area contributed by atoms with Crippen LogP contribution in [0.25, 0.3) is 55.6 Å². The van der Waals surface area contributed by atoms with Crippen LogP contribution >= 0.6 is 0 Å². The number of benzene rings is 4. The van der Waals surface area contributed by atoms with Crippen molar-refractivity contribution < 1.29 is 24.5 Å². The van der Waals surface area contributed by atoms with Gasteiger partial charge in [0, 0.05) is 37.9 Å². The molecule has 4 aromatic carbocycles. The van der Waals surface area contributed by atoms with E-state index in [0.29, 0.717) is 5.92 Å². The fourth-order valence-corrected chi connectivity index (χ4v) is 6.88. The van der Waals surface area contributed by atoms with Crippen molar-refractivity contribution in [3.05, 3.63) is 138 Å². The third-order valence-corrected chi connectivity index (χ3v) is 10.6. The molecular weight excluding hydrogens is 769 g/mol. The molecule has 3 heterocycles. The van der Waals surface area contributed by atoms with E-state index in [1.54, 1.807) is 0 Å². The summed E-state index contributed by atoms with van der Waals surface area (Å²) in [6, 6.07) is 40.0. The first-order valence-electron chi connectivity index (χ1n) is 15.9. The number of furan rings is 1. The average molecular weight is 809 g/mol. The van der Waals surface area contributed by atoms with E-state index in [4.69, 9.17) is 4.42 Å². The fourth-order valence-electron chi connectivity index (χ4n) is 5.85. The number of rotatable bonds is 5. The maximum absolute atomic E-state index is 6.41. The van der Waals surface area contributed by atoms with Crippen LogP contribution in [0.4, 0.5) is 0 Å². The Morgan fingerprint density at radius 3 is 2.17 bits per heavy atom. The van der Waals surface area contributed by atoms with Gasteiger partial charge in [-0.2, -0.15) is 0 Å². The molecule has 0 amide bonds. The molecule has 1 radical (unpaired) electrons. The van der Waals surface area contributed by atoms with E-state index in [9.17, 15) is 0 Å². The number of hydrogen-bond donors (Lipinski definition) is 0. The van der Waals surface area contributed by atoms with Crippen LogP contribution in [-0.4, -0.2) is 18.0 Å². The van der Waals surface area contributed by atoms with Gasteiger partial charge in [-0.15, -0.1) is 54.1 Å². The Hall–Kier alpha value is -4.15. The second-order valence-electron chi connectivity index (χ2n) is 13.3. The van der Waals surface area contributed by atoms with E-state index in [-0.39, 0.29) is 20.1 Å². The van der Waals surface area contributed by atoms with Crippen molar-refractivity contribution in [2.75, 3.05) is 0 Å². The second kappa shape index (κ2) is 14.3. The molecule has 0 saturated heterocycles. The molecule has 0 aliphatic rings. The molecule has 7 rings (SSSR count).